The highest BCUT2D eigenvalue weighted by Gasteiger charge is 2.18. The number of ether oxygens (including phenoxy) is 1. The van der Waals surface area contributed by atoms with Gasteiger partial charge in [0.25, 0.3) is 0 Å². The molecule has 0 aliphatic heterocycles. The number of nitrogens with zero attached hydrogens (tertiary/aromatic N) is 2. The molecule has 0 fully saturated rings. The summed E-state index contributed by atoms with van der Waals surface area (Å²) in [7, 11) is 1.26. The minimum absolute atomic E-state index is 0.0771. The van der Waals surface area contributed by atoms with Crippen molar-refractivity contribution in [2.24, 2.45) is 0 Å². The average molecular weight is 283 g/mol. The molecule has 0 unspecified atom stereocenters. The summed E-state index contributed by atoms with van der Waals surface area (Å²) < 4.78 is 6.26. The molecule has 7 heteroatoms. The first-order chi connectivity index (χ1) is 9.02. The van der Waals surface area contributed by atoms with Crippen molar-refractivity contribution < 1.29 is 19.4 Å². The van der Waals surface area contributed by atoms with Crippen molar-refractivity contribution in [2.45, 2.75) is 12.8 Å². The predicted molar refractivity (Wildman–Crippen MR) is 67.5 cm³/mol. The van der Waals surface area contributed by atoms with Gasteiger partial charge < -0.3 is 14.2 Å². The number of hydrogen-bond acceptors (Lipinski definition) is 4. The lowest BCUT2D eigenvalue weighted by molar-refractivity contribution is -0.137. The van der Waals surface area contributed by atoms with Gasteiger partial charge in [0.2, 0.25) is 0 Å². The zero-order chi connectivity index (χ0) is 14.0. The smallest absolute Gasteiger partial charge is 0.358 e. The van der Waals surface area contributed by atoms with Gasteiger partial charge in [0.05, 0.1) is 24.1 Å². The monoisotopic (exact) mass is 282 g/mol. The number of rotatable bonds is 4. The van der Waals surface area contributed by atoms with Crippen molar-refractivity contribution in [3.63, 3.8) is 0 Å². The lowest BCUT2D eigenvalue weighted by Crippen LogP contribution is -2.03. The van der Waals surface area contributed by atoms with E-state index >= 15 is 0 Å². The Balaban J connectivity index is 2.53. The number of aromatic nitrogens is 2. The number of carboxylic acid groups (broad SMARTS) is 1. The minimum atomic E-state index is -0.932. The molecule has 0 amide bonds. The Labute approximate surface area is 113 Å². The van der Waals surface area contributed by atoms with Crippen LogP contribution in [0.25, 0.3) is 5.52 Å². The molecule has 2 aromatic rings. The van der Waals surface area contributed by atoms with Crippen molar-refractivity contribution in [1.29, 1.82) is 0 Å². The minimum Gasteiger partial charge on any atom is -0.481 e. The molecule has 0 bridgehead atoms. The van der Waals surface area contributed by atoms with E-state index in [9.17, 15) is 9.59 Å². The summed E-state index contributed by atoms with van der Waals surface area (Å²) in [5, 5.41) is 9.18. The number of carboxylic acids is 1. The number of carbonyl (C=O) groups excluding carboxylic acids is 1. The fourth-order valence-corrected chi connectivity index (χ4v) is 1.92. The third kappa shape index (κ3) is 2.68. The standard InChI is InChI=1S/C12H11ClN2O4/c1-19-12(18)11-8-3-2-7(13)6-15(8)9(14-11)4-5-10(16)17/h2-3,6H,4-5H2,1H3,(H,16,17). The number of fused-ring (bicyclic) bond motifs is 1. The molecule has 6 nitrogen and oxygen atoms in total. The van der Waals surface area contributed by atoms with Crippen molar-refractivity contribution in [3.05, 3.63) is 34.9 Å². The van der Waals surface area contributed by atoms with Crippen LogP contribution in [0.3, 0.4) is 0 Å². The van der Waals surface area contributed by atoms with Crippen LogP contribution in [0, 0.1) is 0 Å². The molecule has 0 spiro atoms. The second-order valence-corrected chi connectivity index (χ2v) is 4.30. The van der Waals surface area contributed by atoms with Gasteiger partial charge in [0.15, 0.2) is 5.69 Å². The summed E-state index contributed by atoms with van der Waals surface area (Å²) in [5.74, 6) is -1.04. The van der Waals surface area contributed by atoms with E-state index in [1.165, 1.54) is 7.11 Å². The van der Waals surface area contributed by atoms with E-state index in [1.807, 2.05) is 0 Å². The van der Waals surface area contributed by atoms with Crippen molar-refractivity contribution in [1.82, 2.24) is 9.38 Å². The first-order valence-electron chi connectivity index (χ1n) is 5.49. The van der Waals surface area contributed by atoms with E-state index in [1.54, 1.807) is 22.7 Å². The van der Waals surface area contributed by atoms with Crippen molar-refractivity contribution in [3.8, 4) is 0 Å². The van der Waals surface area contributed by atoms with Gasteiger partial charge in [-0.1, -0.05) is 11.6 Å². The highest BCUT2D eigenvalue weighted by Crippen LogP contribution is 2.19. The van der Waals surface area contributed by atoms with Crippen LogP contribution in [0.15, 0.2) is 18.3 Å². The highest BCUT2D eigenvalue weighted by atomic mass is 35.5. The van der Waals surface area contributed by atoms with Crippen LogP contribution >= 0.6 is 11.6 Å². The van der Waals surface area contributed by atoms with Crippen LogP contribution in [-0.4, -0.2) is 33.5 Å². The highest BCUT2D eigenvalue weighted by molar-refractivity contribution is 6.30. The number of methoxy groups -OCH3 is 1. The Morgan fingerprint density at radius 1 is 1.47 bits per heavy atom. The molecule has 100 valence electrons. The van der Waals surface area contributed by atoms with Gasteiger partial charge >= 0.3 is 11.9 Å². The maximum atomic E-state index is 11.6. The topological polar surface area (TPSA) is 80.9 Å². The van der Waals surface area contributed by atoms with E-state index in [-0.39, 0.29) is 18.5 Å². The summed E-state index contributed by atoms with van der Waals surface area (Å²) in [5.41, 5.74) is 0.691. The quantitative estimate of drug-likeness (QED) is 0.865. The van der Waals surface area contributed by atoms with Crippen LogP contribution in [-0.2, 0) is 16.0 Å². The van der Waals surface area contributed by atoms with Gasteiger partial charge in [0, 0.05) is 12.6 Å². The first kappa shape index (κ1) is 13.4. The van der Waals surface area contributed by atoms with Gasteiger partial charge in [-0.05, 0) is 12.1 Å². The fraction of sp³-hybridized carbons (Fsp3) is 0.250. The summed E-state index contributed by atoms with van der Waals surface area (Å²) in [6, 6.07) is 3.28. The summed E-state index contributed by atoms with van der Waals surface area (Å²) in [4.78, 5) is 26.4. The van der Waals surface area contributed by atoms with Gasteiger partial charge in [-0.15, -0.1) is 0 Å². The number of esters is 1. The van der Waals surface area contributed by atoms with E-state index in [0.29, 0.717) is 16.4 Å². The molecule has 1 N–H and O–H groups in total. The molecule has 0 atom stereocenters. The molecule has 0 radical (unpaired) electrons. The van der Waals surface area contributed by atoms with Crippen LogP contribution in [0.1, 0.15) is 22.7 Å². The summed E-state index contributed by atoms with van der Waals surface area (Å²) in [6.45, 7) is 0. The lowest BCUT2D eigenvalue weighted by Gasteiger charge is -2.00. The van der Waals surface area contributed by atoms with Crippen LogP contribution in [0.4, 0.5) is 0 Å². The van der Waals surface area contributed by atoms with Crippen LogP contribution in [0.5, 0.6) is 0 Å². The normalized spacial score (nSPS) is 10.6. The van der Waals surface area contributed by atoms with Gasteiger partial charge in [-0.2, -0.15) is 0 Å². The number of halogens is 1. The van der Waals surface area contributed by atoms with Crippen LogP contribution in [0.2, 0.25) is 5.02 Å². The maximum Gasteiger partial charge on any atom is 0.358 e. The van der Waals surface area contributed by atoms with Crippen molar-refractivity contribution in [2.75, 3.05) is 7.11 Å². The van der Waals surface area contributed by atoms with E-state index < -0.39 is 11.9 Å². The SMILES string of the molecule is COC(=O)c1nc(CCC(=O)O)n2cc(Cl)ccc12. The Morgan fingerprint density at radius 3 is 2.84 bits per heavy atom. The van der Waals surface area contributed by atoms with E-state index in [4.69, 9.17) is 16.7 Å². The maximum absolute atomic E-state index is 11.6. The number of carbonyl (C=O) groups is 2. The number of aryl methyl sites for hydroxylation is 1. The molecule has 0 aliphatic rings. The molecule has 0 aliphatic carbocycles. The third-order valence-electron chi connectivity index (χ3n) is 2.62. The largest absolute Gasteiger partial charge is 0.481 e. The predicted octanol–water partition coefficient (Wildman–Crippen LogP) is 1.79. The Morgan fingerprint density at radius 2 is 2.21 bits per heavy atom. The number of imidazole rings is 1. The number of pyridine rings is 1. The Kier molecular flexibility index (Phi) is 3.71. The van der Waals surface area contributed by atoms with E-state index in [0.717, 1.165) is 0 Å². The average Bonchev–Trinajstić information content (AvgIpc) is 2.73. The molecule has 0 saturated carbocycles. The molecule has 2 heterocycles. The summed E-state index contributed by atoms with van der Waals surface area (Å²) in [6.07, 6.45) is 1.72. The second kappa shape index (κ2) is 5.27. The fourth-order valence-electron chi connectivity index (χ4n) is 1.76. The Bertz CT molecular complexity index is 650. The number of hydrogen-bond donors (Lipinski definition) is 1. The van der Waals surface area contributed by atoms with Gasteiger partial charge in [-0.25, -0.2) is 9.78 Å². The molecule has 2 aromatic heterocycles. The Hall–Kier alpha value is -2.08. The molecule has 0 aromatic carbocycles. The zero-order valence-corrected chi connectivity index (χ0v) is 10.8. The van der Waals surface area contributed by atoms with Crippen molar-refractivity contribution >= 4 is 29.1 Å². The summed E-state index contributed by atoms with van der Waals surface area (Å²) >= 11 is 5.89. The molecular weight excluding hydrogens is 272 g/mol. The second-order valence-electron chi connectivity index (χ2n) is 3.86. The van der Waals surface area contributed by atoms with Gasteiger partial charge in [0.1, 0.15) is 5.82 Å². The third-order valence-corrected chi connectivity index (χ3v) is 2.84. The van der Waals surface area contributed by atoms with E-state index in [2.05, 4.69) is 9.72 Å². The number of aliphatic carboxylic acids is 1. The molecular formula is C12H11ClN2O4. The molecule has 19 heavy (non-hydrogen) atoms. The lowest BCUT2D eigenvalue weighted by atomic mass is 10.3. The molecule has 2 rings (SSSR count). The van der Waals surface area contributed by atoms with Gasteiger partial charge in [-0.3, -0.25) is 4.79 Å². The molecule has 0 saturated heterocycles. The van der Waals surface area contributed by atoms with Crippen LogP contribution < -0.4 is 0 Å². The first-order valence-corrected chi connectivity index (χ1v) is 5.87. The zero-order valence-electron chi connectivity index (χ0n) is 10.1.